The van der Waals surface area contributed by atoms with E-state index in [0.29, 0.717) is 33.7 Å². The summed E-state index contributed by atoms with van der Waals surface area (Å²) in [5.74, 6) is 0.615. The Bertz CT molecular complexity index is 1520. The van der Waals surface area contributed by atoms with Crippen molar-refractivity contribution in [1.82, 2.24) is 15.0 Å². The van der Waals surface area contributed by atoms with Gasteiger partial charge in [0, 0.05) is 5.56 Å². The third kappa shape index (κ3) is 4.04. The molecule has 2 heterocycles. The highest BCUT2D eigenvalue weighted by Gasteiger charge is 2.18. The molecule has 2 aromatic heterocycles. The van der Waals surface area contributed by atoms with Gasteiger partial charge >= 0.3 is 5.97 Å². The van der Waals surface area contributed by atoms with Gasteiger partial charge in [-0.15, -0.1) is 0 Å². The topological polar surface area (TPSA) is 98.1 Å². The van der Waals surface area contributed by atoms with Crippen LogP contribution in [0.15, 0.2) is 88.2 Å². The van der Waals surface area contributed by atoms with Crippen molar-refractivity contribution in [3.8, 4) is 22.8 Å². The summed E-state index contributed by atoms with van der Waals surface area (Å²) in [6, 6.07) is 21.9. The number of rotatable bonds is 5. The molecular formula is C26H19N3O4. The number of H-pyrrole nitrogens is 1. The SMILES string of the molecule is Cc1cccc2c(=O)[nH]c(COC(=O)c3ccccc3-c3ncc(-c4ccccc4)o3)nc12. The standard InChI is InChI=1S/C26H19N3O4/c1-16-8-7-13-20-23(16)28-22(29-24(20)30)15-32-26(31)19-12-6-5-11-18(19)25-27-14-21(33-25)17-9-3-2-4-10-17/h2-14H,15H2,1H3,(H,28,29,30). The van der Waals surface area contributed by atoms with E-state index in [1.165, 1.54) is 0 Å². The molecule has 0 amide bonds. The van der Waals surface area contributed by atoms with E-state index in [2.05, 4.69) is 15.0 Å². The number of nitrogens with one attached hydrogen (secondary N) is 1. The average Bonchev–Trinajstić information content (AvgIpc) is 3.34. The third-order valence-corrected chi connectivity index (χ3v) is 5.27. The summed E-state index contributed by atoms with van der Waals surface area (Å²) in [5.41, 5.74) is 2.88. The van der Waals surface area contributed by atoms with E-state index in [9.17, 15) is 9.59 Å². The molecule has 33 heavy (non-hydrogen) atoms. The molecule has 5 rings (SSSR count). The number of esters is 1. The second-order valence-corrected chi connectivity index (χ2v) is 7.50. The fourth-order valence-corrected chi connectivity index (χ4v) is 3.61. The van der Waals surface area contributed by atoms with Crippen LogP contribution in [0, 0.1) is 6.92 Å². The van der Waals surface area contributed by atoms with E-state index < -0.39 is 5.97 Å². The number of aryl methyl sites for hydroxylation is 1. The Morgan fingerprint density at radius 3 is 2.64 bits per heavy atom. The van der Waals surface area contributed by atoms with Crippen LogP contribution in [0.2, 0.25) is 0 Å². The van der Waals surface area contributed by atoms with Crippen LogP contribution < -0.4 is 5.56 Å². The van der Waals surface area contributed by atoms with E-state index in [0.717, 1.165) is 11.1 Å². The van der Waals surface area contributed by atoms with Crippen molar-refractivity contribution in [2.75, 3.05) is 0 Å². The first-order chi connectivity index (χ1) is 16.1. The Morgan fingerprint density at radius 2 is 1.79 bits per heavy atom. The van der Waals surface area contributed by atoms with Crippen molar-refractivity contribution in [3.63, 3.8) is 0 Å². The van der Waals surface area contributed by atoms with Gasteiger partial charge in [-0.2, -0.15) is 0 Å². The van der Waals surface area contributed by atoms with Gasteiger partial charge < -0.3 is 14.1 Å². The molecule has 0 aliphatic heterocycles. The fourth-order valence-electron chi connectivity index (χ4n) is 3.61. The van der Waals surface area contributed by atoms with Gasteiger partial charge in [-0.25, -0.2) is 14.8 Å². The summed E-state index contributed by atoms with van der Waals surface area (Å²) in [6.07, 6.45) is 1.62. The third-order valence-electron chi connectivity index (χ3n) is 5.27. The number of para-hydroxylation sites is 1. The van der Waals surface area contributed by atoms with Crippen molar-refractivity contribution in [3.05, 3.63) is 106 Å². The normalized spacial score (nSPS) is 10.9. The summed E-state index contributed by atoms with van der Waals surface area (Å²) in [7, 11) is 0. The van der Waals surface area contributed by atoms with Gasteiger partial charge in [0.25, 0.3) is 5.56 Å². The van der Waals surface area contributed by atoms with Crippen LogP contribution in [0.3, 0.4) is 0 Å². The number of nitrogens with zero attached hydrogens (tertiary/aromatic N) is 2. The smallest absolute Gasteiger partial charge is 0.339 e. The van der Waals surface area contributed by atoms with Crippen LogP contribution in [-0.2, 0) is 11.3 Å². The van der Waals surface area contributed by atoms with Crippen LogP contribution in [0.25, 0.3) is 33.7 Å². The molecule has 162 valence electrons. The largest absolute Gasteiger partial charge is 0.454 e. The van der Waals surface area contributed by atoms with Crippen LogP contribution in [-0.4, -0.2) is 20.9 Å². The molecule has 0 fully saturated rings. The van der Waals surface area contributed by atoms with Gasteiger partial charge in [-0.05, 0) is 30.7 Å². The minimum Gasteiger partial charge on any atom is -0.454 e. The molecule has 0 unspecified atom stereocenters. The number of aromatic amines is 1. The first kappa shape index (κ1) is 20.4. The predicted octanol–water partition coefficient (Wildman–Crippen LogP) is 4.91. The summed E-state index contributed by atoms with van der Waals surface area (Å²) < 4.78 is 11.4. The van der Waals surface area contributed by atoms with Crippen molar-refractivity contribution >= 4 is 16.9 Å². The Hall–Kier alpha value is -4.52. The zero-order chi connectivity index (χ0) is 22.8. The second-order valence-electron chi connectivity index (χ2n) is 7.50. The number of hydrogen-bond acceptors (Lipinski definition) is 6. The minimum absolute atomic E-state index is 0.173. The average molecular weight is 437 g/mol. The maximum absolute atomic E-state index is 12.9. The Labute approximate surface area is 188 Å². The molecule has 0 bridgehead atoms. The Morgan fingerprint density at radius 1 is 1.00 bits per heavy atom. The highest BCUT2D eigenvalue weighted by atomic mass is 16.5. The maximum Gasteiger partial charge on any atom is 0.339 e. The van der Waals surface area contributed by atoms with Gasteiger partial charge in [0.1, 0.15) is 12.4 Å². The number of aromatic nitrogens is 3. The number of ether oxygens (including phenoxy) is 1. The summed E-state index contributed by atoms with van der Waals surface area (Å²) in [5, 5.41) is 0.494. The number of fused-ring (bicyclic) bond motifs is 1. The molecule has 0 radical (unpaired) electrons. The lowest BCUT2D eigenvalue weighted by Crippen LogP contribution is -2.15. The fraction of sp³-hybridized carbons (Fsp3) is 0.0769. The molecule has 0 saturated heterocycles. The van der Waals surface area contributed by atoms with E-state index in [1.807, 2.05) is 43.3 Å². The van der Waals surface area contributed by atoms with E-state index in [1.54, 1.807) is 42.6 Å². The molecule has 0 atom stereocenters. The molecule has 0 saturated carbocycles. The van der Waals surface area contributed by atoms with Gasteiger partial charge in [0.15, 0.2) is 5.76 Å². The molecule has 5 aromatic rings. The van der Waals surface area contributed by atoms with Crippen molar-refractivity contribution in [1.29, 1.82) is 0 Å². The highest BCUT2D eigenvalue weighted by Crippen LogP contribution is 2.28. The van der Waals surface area contributed by atoms with Crippen LogP contribution >= 0.6 is 0 Å². The lowest BCUT2D eigenvalue weighted by Gasteiger charge is -2.08. The quantitative estimate of drug-likeness (QED) is 0.392. The van der Waals surface area contributed by atoms with E-state index in [4.69, 9.17) is 9.15 Å². The molecule has 7 nitrogen and oxygen atoms in total. The molecular weight excluding hydrogens is 418 g/mol. The van der Waals surface area contributed by atoms with Crippen molar-refractivity contribution in [2.45, 2.75) is 13.5 Å². The molecule has 0 aliphatic rings. The predicted molar refractivity (Wildman–Crippen MR) is 124 cm³/mol. The minimum atomic E-state index is -0.572. The van der Waals surface area contributed by atoms with Crippen molar-refractivity contribution in [2.24, 2.45) is 0 Å². The van der Waals surface area contributed by atoms with Crippen molar-refractivity contribution < 1.29 is 13.9 Å². The molecule has 1 N–H and O–H groups in total. The van der Waals surface area contributed by atoms with E-state index >= 15 is 0 Å². The first-order valence-corrected chi connectivity index (χ1v) is 10.4. The summed E-state index contributed by atoms with van der Waals surface area (Å²) in [4.78, 5) is 36.7. The number of benzene rings is 3. The molecule has 7 heteroatoms. The molecule has 0 spiro atoms. The summed E-state index contributed by atoms with van der Waals surface area (Å²) in [6.45, 7) is 1.70. The lowest BCUT2D eigenvalue weighted by molar-refractivity contribution is 0.0463. The Balaban J connectivity index is 1.40. The molecule has 0 aliphatic carbocycles. The highest BCUT2D eigenvalue weighted by molar-refractivity contribution is 5.96. The number of oxazole rings is 1. The van der Waals surface area contributed by atoms with Crippen LogP contribution in [0.1, 0.15) is 21.7 Å². The second kappa shape index (κ2) is 8.55. The van der Waals surface area contributed by atoms with Gasteiger partial charge in [0.05, 0.1) is 28.2 Å². The van der Waals surface area contributed by atoms with Crippen LogP contribution in [0.5, 0.6) is 0 Å². The first-order valence-electron chi connectivity index (χ1n) is 10.4. The van der Waals surface area contributed by atoms with Gasteiger partial charge in [-0.1, -0.05) is 54.6 Å². The van der Waals surface area contributed by atoms with E-state index in [-0.39, 0.29) is 18.0 Å². The Kier molecular flexibility index (Phi) is 5.28. The maximum atomic E-state index is 12.9. The zero-order valence-corrected chi connectivity index (χ0v) is 17.7. The van der Waals surface area contributed by atoms with Gasteiger partial charge in [0.2, 0.25) is 5.89 Å². The molecule has 3 aromatic carbocycles. The van der Waals surface area contributed by atoms with Crippen LogP contribution in [0.4, 0.5) is 0 Å². The van der Waals surface area contributed by atoms with Gasteiger partial charge in [-0.3, -0.25) is 4.79 Å². The number of carbonyl (C=O) groups excluding carboxylic acids is 1. The number of hydrogen-bond donors (Lipinski definition) is 1. The zero-order valence-electron chi connectivity index (χ0n) is 17.7. The monoisotopic (exact) mass is 437 g/mol. The summed E-state index contributed by atoms with van der Waals surface area (Å²) >= 11 is 0. The lowest BCUT2D eigenvalue weighted by atomic mass is 10.1. The number of carbonyl (C=O) groups is 1.